The van der Waals surface area contributed by atoms with Crippen LogP contribution >= 0.6 is 0 Å². The third-order valence-electron chi connectivity index (χ3n) is 16.3. The highest BCUT2D eigenvalue weighted by Gasteiger charge is 2.71. The fraction of sp³-hybridized carbons (Fsp3) is 0.923. The summed E-state index contributed by atoms with van der Waals surface area (Å²) in [6, 6.07) is 0. The first-order valence-electron chi connectivity index (χ1n) is 18.4. The van der Waals surface area contributed by atoms with Crippen LogP contribution in [0.25, 0.3) is 0 Å². The van der Waals surface area contributed by atoms with Crippen LogP contribution in [-0.2, 0) is 19.0 Å². The summed E-state index contributed by atoms with van der Waals surface area (Å²) < 4.78 is 19.6. The smallest absolute Gasteiger partial charge is 0.307 e. The van der Waals surface area contributed by atoms with Crippen LogP contribution in [0.3, 0.4) is 0 Å². The molecule has 256 valence electrons. The Morgan fingerprint density at radius 3 is 2.31 bits per heavy atom. The Morgan fingerprint density at radius 1 is 1.00 bits per heavy atom. The Labute approximate surface area is 274 Å². The molecule has 0 aromatic heterocycles. The number of carboxylic acid groups (broad SMARTS) is 1. The van der Waals surface area contributed by atoms with E-state index in [4.69, 9.17) is 14.2 Å². The molecule has 2 heterocycles. The van der Waals surface area contributed by atoms with E-state index >= 15 is 0 Å². The predicted octanol–water partition coefficient (Wildman–Crippen LogP) is 7.71. The lowest BCUT2D eigenvalue weighted by atomic mass is 9.34. The van der Waals surface area contributed by atoms with Crippen LogP contribution in [0.4, 0.5) is 0 Å². The number of carboxylic acids is 1. The molecule has 2 aliphatic heterocycles. The van der Waals surface area contributed by atoms with Crippen LogP contribution in [0.2, 0.25) is 0 Å². The molecule has 6 heteroatoms. The van der Waals surface area contributed by atoms with E-state index < -0.39 is 5.97 Å². The van der Waals surface area contributed by atoms with Crippen LogP contribution in [0.15, 0.2) is 11.6 Å². The van der Waals surface area contributed by atoms with E-state index in [0.717, 1.165) is 78.0 Å². The zero-order chi connectivity index (χ0) is 32.8. The van der Waals surface area contributed by atoms with Gasteiger partial charge in [0.1, 0.15) is 0 Å². The monoisotopic (exact) mass is 627 g/mol. The zero-order valence-electron chi connectivity index (χ0n) is 30.3. The Bertz CT molecular complexity index is 1180. The van der Waals surface area contributed by atoms with Gasteiger partial charge in [0.05, 0.1) is 31.8 Å². The van der Waals surface area contributed by atoms with Crippen molar-refractivity contribution in [3.8, 4) is 0 Å². The Kier molecular flexibility index (Phi) is 8.53. The fourth-order valence-corrected chi connectivity index (χ4v) is 13.1. The van der Waals surface area contributed by atoms with Crippen molar-refractivity contribution >= 4 is 5.97 Å². The van der Waals surface area contributed by atoms with Gasteiger partial charge in [-0.15, -0.1) is 0 Å². The van der Waals surface area contributed by atoms with E-state index in [1.807, 2.05) is 0 Å². The van der Waals surface area contributed by atoms with E-state index in [-0.39, 0.29) is 44.6 Å². The minimum absolute atomic E-state index is 0.0299. The van der Waals surface area contributed by atoms with Gasteiger partial charge in [-0.25, -0.2) is 0 Å². The van der Waals surface area contributed by atoms with Crippen molar-refractivity contribution in [1.82, 2.24) is 4.90 Å². The summed E-state index contributed by atoms with van der Waals surface area (Å²) >= 11 is 0. The molecule has 2 bridgehead atoms. The topological polar surface area (TPSA) is 68.2 Å². The van der Waals surface area contributed by atoms with Gasteiger partial charge in [-0.05, 0) is 111 Å². The summed E-state index contributed by atoms with van der Waals surface area (Å²) in [6.45, 7) is 22.9. The molecule has 0 radical (unpaired) electrons. The molecule has 6 aliphatic rings. The first-order chi connectivity index (χ1) is 21.0. The van der Waals surface area contributed by atoms with E-state index in [1.54, 1.807) is 5.57 Å². The van der Waals surface area contributed by atoms with Crippen LogP contribution < -0.4 is 0 Å². The maximum Gasteiger partial charge on any atom is 0.307 e. The summed E-state index contributed by atoms with van der Waals surface area (Å²) in [5.74, 6) is 1.28. The summed E-state index contributed by atoms with van der Waals surface area (Å²) in [6.07, 6.45) is 11.2. The molecule has 0 amide bonds. The first kappa shape index (κ1) is 33.9. The molecule has 0 aromatic carbocycles. The van der Waals surface area contributed by atoms with Gasteiger partial charge in [0.2, 0.25) is 0 Å². The predicted molar refractivity (Wildman–Crippen MR) is 179 cm³/mol. The fourth-order valence-electron chi connectivity index (χ4n) is 13.1. The van der Waals surface area contributed by atoms with Crippen molar-refractivity contribution in [3.63, 3.8) is 0 Å². The van der Waals surface area contributed by atoms with Crippen molar-refractivity contribution in [1.29, 1.82) is 0 Å². The van der Waals surface area contributed by atoms with Gasteiger partial charge in [-0.1, -0.05) is 67.0 Å². The molecule has 1 N–H and O–H groups in total. The number of hydrogen-bond donors (Lipinski definition) is 1. The molecule has 5 fully saturated rings. The highest BCUT2D eigenvalue weighted by molar-refractivity contribution is 5.73. The number of aliphatic carboxylic acids is 1. The first-order valence-corrected chi connectivity index (χ1v) is 18.4. The molecule has 0 aromatic rings. The number of allylic oxidation sites excluding steroid dienone is 1. The SMILES string of the molecule is CC(C)[C@@H](C)[C@@]1(C)CC[C@]2(C)[C@H]3CC[C@@H]4[C@@]5(COC[C@]4(C)[C@@H](OCC4(N(C)C)CCOCC4)[C@H](C)C5)C3=CC[C@@]2(C)[C@@H]1C(=O)O. The van der Waals surface area contributed by atoms with E-state index in [9.17, 15) is 9.90 Å². The van der Waals surface area contributed by atoms with Gasteiger partial charge in [0, 0.05) is 29.6 Å². The lowest BCUT2D eigenvalue weighted by Crippen LogP contribution is -2.69. The molecule has 0 unspecified atom stereocenters. The number of likely N-dealkylation sites (N-methyl/N-ethyl adjacent to an activating group) is 1. The highest BCUT2D eigenvalue weighted by Crippen LogP contribution is 2.75. The van der Waals surface area contributed by atoms with Crippen LogP contribution in [-0.4, -0.2) is 74.7 Å². The number of ether oxygens (including phenoxy) is 3. The molecule has 6 rings (SSSR count). The van der Waals surface area contributed by atoms with Gasteiger partial charge < -0.3 is 24.2 Å². The summed E-state index contributed by atoms with van der Waals surface area (Å²) in [5, 5.41) is 11.0. The quantitative estimate of drug-likeness (QED) is 0.292. The zero-order valence-corrected chi connectivity index (χ0v) is 30.3. The van der Waals surface area contributed by atoms with Gasteiger partial charge in [-0.2, -0.15) is 0 Å². The second-order valence-electron chi connectivity index (χ2n) is 18.5. The molecule has 11 atom stereocenters. The molecular formula is C39H65NO5. The van der Waals surface area contributed by atoms with Gasteiger partial charge in [-0.3, -0.25) is 4.79 Å². The second kappa shape index (κ2) is 11.3. The number of hydrogen-bond acceptors (Lipinski definition) is 5. The number of fused-ring (bicyclic) bond motifs is 3. The Morgan fingerprint density at radius 2 is 1.69 bits per heavy atom. The van der Waals surface area contributed by atoms with Crippen molar-refractivity contribution in [2.24, 2.45) is 62.6 Å². The van der Waals surface area contributed by atoms with Gasteiger partial charge in [0.25, 0.3) is 0 Å². The van der Waals surface area contributed by atoms with E-state index in [0.29, 0.717) is 29.6 Å². The summed E-state index contributed by atoms with van der Waals surface area (Å²) in [4.78, 5) is 15.7. The summed E-state index contributed by atoms with van der Waals surface area (Å²) in [7, 11) is 4.40. The molecule has 3 saturated carbocycles. The van der Waals surface area contributed by atoms with Crippen molar-refractivity contribution < 1.29 is 24.1 Å². The van der Waals surface area contributed by atoms with Crippen molar-refractivity contribution in [3.05, 3.63) is 11.6 Å². The van der Waals surface area contributed by atoms with Gasteiger partial charge in [0.15, 0.2) is 0 Å². The number of rotatable bonds is 7. The lowest BCUT2D eigenvalue weighted by Gasteiger charge is -2.71. The third kappa shape index (κ3) is 4.64. The van der Waals surface area contributed by atoms with Gasteiger partial charge >= 0.3 is 5.97 Å². The molecule has 2 saturated heterocycles. The van der Waals surface area contributed by atoms with Crippen LogP contribution in [0, 0.1) is 62.6 Å². The Hall–Kier alpha value is -0.950. The number of nitrogens with zero attached hydrogens (tertiary/aromatic N) is 1. The lowest BCUT2D eigenvalue weighted by molar-refractivity contribution is -0.256. The average molecular weight is 628 g/mol. The van der Waals surface area contributed by atoms with Crippen molar-refractivity contribution in [2.75, 3.05) is 47.1 Å². The Balaban J connectivity index is 1.34. The highest BCUT2D eigenvalue weighted by atomic mass is 16.5. The van der Waals surface area contributed by atoms with Crippen LogP contribution in [0.5, 0.6) is 0 Å². The molecule has 45 heavy (non-hydrogen) atoms. The standard InChI is InChI=1S/C39H65NO5/c1-25(2)27(4)34(5)15-16-36(7)28-11-12-30-35(6)22-44-24-39(30,29(28)13-14-37(36,8)31(34)33(41)42)21-26(3)32(35)45-23-38(40(9)10)17-19-43-20-18-38/h13,25-28,30-32H,11-12,14-24H2,1-10H3,(H,41,42)/t26-,27-,28+,30+,31-,32+,34-,35+,36-,37+,39+/m1/s1. The van der Waals surface area contributed by atoms with E-state index in [2.05, 4.69) is 80.5 Å². The summed E-state index contributed by atoms with van der Waals surface area (Å²) in [5.41, 5.74) is 1.13. The van der Waals surface area contributed by atoms with E-state index in [1.165, 1.54) is 6.42 Å². The molecule has 0 spiro atoms. The maximum absolute atomic E-state index is 13.4. The molecule has 4 aliphatic carbocycles. The number of carbonyl (C=O) groups is 1. The molecule has 6 nitrogen and oxygen atoms in total. The minimum atomic E-state index is -0.581. The second-order valence-corrected chi connectivity index (χ2v) is 18.5. The minimum Gasteiger partial charge on any atom is -0.481 e. The average Bonchev–Trinajstić information content (AvgIpc) is 2.97. The molecular weight excluding hydrogens is 562 g/mol. The largest absolute Gasteiger partial charge is 0.481 e. The van der Waals surface area contributed by atoms with Crippen molar-refractivity contribution in [2.45, 2.75) is 118 Å². The maximum atomic E-state index is 13.4. The third-order valence-corrected chi connectivity index (χ3v) is 16.3. The normalized spacial score (nSPS) is 48.2. The van der Waals surface area contributed by atoms with Crippen LogP contribution in [0.1, 0.15) is 107 Å².